The number of hydrazone groups is 2. The van der Waals surface area contributed by atoms with Gasteiger partial charge in [0.15, 0.2) is 0 Å². The van der Waals surface area contributed by atoms with Gasteiger partial charge in [-0.2, -0.15) is 10.2 Å². The second-order valence-corrected chi connectivity index (χ2v) is 3.68. The fourth-order valence-electron chi connectivity index (χ4n) is 1.35. The number of pyridine rings is 1. The van der Waals surface area contributed by atoms with Gasteiger partial charge in [0.1, 0.15) is 18.6 Å². The molecule has 8 nitrogen and oxygen atoms in total. The molecule has 0 spiro atoms. The maximum atomic E-state index is 12.9. The van der Waals surface area contributed by atoms with Crippen LogP contribution in [-0.2, 0) is 4.84 Å². The number of rotatable bonds is 4. The van der Waals surface area contributed by atoms with Crippen molar-refractivity contribution in [2.45, 2.75) is 0 Å². The number of nitrogens with one attached hydrogen (secondary N) is 1. The maximum Gasteiger partial charge on any atom is 0.358 e. The third-order valence-electron chi connectivity index (χ3n) is 2.22. The first kappa shape index (κ1) is 13.6. The smallest absolute Gasteiger partial charge is 0.358 e. The van der Waals surface area contributed by atoms with Crippen LogP contribution < -0.4 is 5.43 Å². The number of carbonyl (C=O) groups is 1. The van der Waals surface area contributed by atoms with Gasteiger partial charge in [-0.1, -0.05) is 5.16 Å². The topological polar surface area (TPSA) is 91.5 Å². The molecule has 1 N–H and O–H groups in total. The van der Waals surface area contributed by atoms with Crippen LogP contribution in [0.1, 0.15) is 5.56 Å². The lowest BCUT2D eigenvalue weighted by molar-refractivity contribution is 0.204. The molecule has 0 atom stereocenters. The van der Waals surface area contributed by atoms with E-state index in [1.54, 1.807) is 0 Å². The maximum absolute atomic E-state index is 12.9. The summed E-state index contributed by atoms with van der Waals surface area (Å²) in [7, 11) is 1.39. The second kappa shape index (κ2) is 6.36. The van der Waals surface area contributed by atoms with Crippen molar-refractivity contribution >= 4 is 24.2 Å². The fraction of sp³-hybridized carbons (Fsp3) is 0.182. The predicted molar refractivity (Wildman–Crippen MR) is 70.0 cm³/mol. The normalized spacial score (nSPS) is 15.6. The molecule has 0 aromatic carbocycles. The van der Waals surface area contributed by atoms with Gasteiger partial charge in [-0.15, -0.1) is 0 Å². The molecule has 1 aromatic rings. The molecular formula is C11H11FN6O2. The second-order valence-electron chi connectivity index (χ2n) is 3.68. The fourth-order valence-corrected chi connectivity index (χ4v) is 1.35. The highest BCUT2D eigenvalue weighted by Crippen LogP contribution is 2.01. The molecule has 2 amide bonds. The number of amides is 2. The Labute approximate surface area is 113 Å². The van der Waals surface area contributed by atoms with Crippen LogP contribution in [0.25, 0.3) is 0 Å². The third kappa shape index (κ3) is 3.57. The van der Waals surface area contributed by atoms with Crippen molar-refractivity contribution in [2.24, 2.45) is 15.4 Å². The zero-order valence-electron chi connectivity index (χ0n) is 10.5. The molecule has 0 bridgehead atoms. The molecule has 0 saturated carbocycles. The van der Waals surface area contributed by atoms with E-state index < -0.39 is 11.8 Å². The van der Waals surface area contributed by atoms with E-state index >= 15 is 0 Å². The van der Waals surface area contributed by atoms with E-state index in [4.69, 9.17) is 0 Å². The van der Waals surface area contributed by atoms with Crippen molar-refractivity contribution in [3.8, 4) is 0 Å². The molecule has 0 aliphatic carbocycles. The average molecular weight is 278 g/mol. The molecule has 2 heterocycles. The summed E-state index contributed by atoms with van der Waals surface area (Å²) in [6.45, 7) is 0.123. The predicted octanol–water partition coefficient (Wildman–Crippen LogP) is 0.568. The van der Waals surface area contributed by atoms with E-state index in [-0.39, 0.29) is 6.54 Å². The highest BCUT2D eigenvalue weighted by Gasteiger charge is 2.19. The highest BCUT2D eigenvalue weighted by atomic mass is 19.1. The van der Waals surface area contributed by atoms with Gasteiger partial charge in [-0.05, 0) is 6.07 Å². The van der Waals surface area contributed by atoms with Gasteiger partial charge in [0.25, 0.3) is 0 Å². The number of oxime groups is 1. The van der Waals surface area contributed by atoms with Gasteiger partial charge < -0.3 is 4.84 Å². The minimum Gasteiger partial charge on any atom is -0.399 e. The molecule has 1 aliphatic heterocycles. The quantitative estimate of drug-likeness (QED) is 0.644. The van der Waals surface area contributed by atoms with Crippen molar-refractivity contribution in [1.82, 2.24) is 15.4 Å². The monoisotopic (exact) mass is 278 g/mol. The van der Waals surface area contributed by atoms with Gasteiger partial charge >= 0.3 is 6.03 Å². The molecule has 0 radical (unpaired) electrons. The summed E-state index contributed by atoms with van der Waals surface area (Å²) in [6, 6.07) is 0.750. The number of hydrogen-bond donors (Lipinski definition) is 1. The zero-order valence-corrected chi connectivity index (χ0v) is 10.5. The Balaban J connectivity index is 2.07. The Morgan fingerprint density at radius 3 is 3.10 bits per heavy atom. The molecule has 1 aromatic heterocycles. The summed E-state index contributed by atoms with van der Waals surface area (Å²) in [5.74, 6) is -0.480. The van der Waals surface area contributed by atoms with Crippen LogP contribution >= 0.6 is 0 Å². The number of nitrogens with zero attached hydrogens (tertiary/aromatic N) is 5. The molecule has 0 unspecified atom stereocenters. The Morgan fingerprint density at radius 2 is 2.35 bits per heavy atom. The van der Waals surface area contributed by atoms with Gasteiger partial charge in [0.2, 0.25) is 0 Å². The van der Waals surface area contributed by atoms with Crippen LogP contribution in [0.3, 0.4) is 0 Å². The summed E-state index contributed by atoms with van der Waals surface area (Å²) in [4.78, 5) is 19.7. The van der Waals surface area contributed by atoms with Crippen molar-refractivity contribution in [1.29, 1.82) is 0 Å². The first-order chi connectivity index (χ1) is 9.69. The van der Waals surface area contributed by atoms with E-state index in [0.717, 1.165) is 11.2 Å². The van der Waals surface area contributed by atoms with Crippen LogP contribution in [0, 0.1) is 5.82 Å². The van der Waals surface area contributed by atoms with Crippen LogP contribution in [0.15, 0.2) is 33.8 Å². The van der Waals surface area contributed by atoms with Crippen LogP contribution in [0.2, 0.25) is 0 Å². The van der Waals surface area contributed by atoms with E-state index in [9.17, 15) is 9.18 Å². The summed E-state index contributed by atoms with van der Waals surface area (Å²) < 4.78 is 12.9. The van der Waals surface area contributed by atoms with E-state index in [2.05, 4.69) is 30.6 Å². The molecule has 0 saturated heterocycles. The van der Waals surface area contributed by atoms with E-state index in [0.29, 0.717) is 11.3 Å². The summed E-state index contributed by atoms with van der Waals surface area (Å²) in [5.41, 5.74) is 3.16. The standard InChI is InChI=1S/C11H11FN6O2/c1-20-15-6-10-7-18(11(19)17-16-10)14-4-8-2-9(12)5-13-3-8/h2-6H,7H2,1H3,(H,17,19)/b14-4?,15-6+. The summed E-state index contributed by atoms with van der Waals surface area (Å²) in [5, 5.41) is 12.4. The SMILES string of the molecule is CO/N=C/C1=NNC(=O)N(N=Cc2cncc(F)c2)C1. The van der Waals surface area contributed by atoms with Crippen LogP contribution in [0.4, 0.5) is 9.18 Å². The number of urea groups is 1. The Kier molecular flexibility index (Phi) is 4.32. The number of aromatic nitrogens is 1. The van der Waals surface area contributed by atoms with Crippen molar-refractivity contribution < 1.29 is 14.0 Å². The lowest BCUT2D eigenvalue weighted by atomic mass is 10.3. The van der Waals surface area contributed by atoms with Gasteiger partial charge in [-0.25, -0.2) is 19.6 Å². The molecule has 20 heavy (non-hydrogen) atoms. The lowest BCUT2D eigenvalue weighted by Gasteiger charge is -2.20. The highest BCUT2D eigenvalue weighted by molar-refractivity contribution is 6.32. The number of carbonyl (C=O) groups excluding carboxylic acids is 1. The van der Waals surface area contributed by atoms with E-state index in [1.165, 1.54) is 31.8 Å². The number of hydrogen-bond acceptors (Lipinski definition) is 6. The average Bonchev–Trinajstić information content (AvgIpc) is 2.45. The van der Waals surface area contributed by atoms with Gasteiger partial charge in [0, 0.05) is 11.8 Å². The van der Waals surface area contributed by atoms with Crippen LogP contribution in [0.5, 0.6) is 0 Å². The van der Waals surface area contributed by atoms with Crippen molar-refractivity contribution in [3.05, 3.63) is 29.8 Å². The lowest BCUT2D eigenvalue weighted by Crippen LogP contribution is -2.43. The van der Waals surface area contributed by atoms with Crippen LogP contribution in [-0.4, -0.2) is 47.8 Å². The minimum atomic E-state index is -0.500. The Morgan fingerprint density at radius 1 is 1.50 bits per heavy atom. The largest absolute Gasteiger partial charge is 0.399 e. The van der Waals surface area contributed by atoms with Gasteiger partial charge in [-0.3, -0.25) is 4.98 Å². The molecule has 0 fully saturated rings. The molecular weight excluding hydrogens is 267 g/mol. The van der Waals surface area contributed by atoms with E-state index in [1.807, 2.05) is 0 Å². The first-order valence-electron chi connectivity index (χ1n) is 5.54. The molecule has 2 rings (SSSR count). The number of halogens is 1. The third-order valence-corrected chi connectivity index (χ3v) is 2.22. The Hall–Kier alpha value is -2.84. The van der Waals surface area contributed by atoms with Gasteiger partial charge in [0.05, 0.1) is 25.2 Å². The molecule has 104 valence electrons. The summed E-state index contributed by atoms with van der Waals surface area (Å²) >= 11 is 0. The zero-order chi connectivity index (χ0) is 14.4. The minimum absolute atomic E-state index is 0.123. The summed E-state index contributed by atoms with van der Waals surface area (Å²) in [6.07, 6.45) is 5.19. The molecule has 9 heteroatoms. The Bertz CT molecular complexity index is 586. The first-order valence-corrected chi connectivity index (χ1v) is 5.54. The van der Waals surface area contributed by atoms with Crippen molar-refractivity contribution in [2.75, 3.05) is 13.7 Å². The molecule has 1 aliphatic rings. The van der Waals surface area contributed by atoms with Crippen molar-refractivity contribution in [3.63, 3.8) is 0 Å².